The summed E-state index contributed by atoms with van der Waals surface area (Å²) in [5.41, 5.74) is 7.72. The number of fused-ring (bicyclic) bond motifs is 1. The first-order chi connectivity index (χ1) is 8.19. The first-order valence-electron chi connectivity index (χ1n) is 4.88. The normalized spacial score (nSPS) is 11.8. The van der Waals surface area contributed by atoms with Crippen LogP contribution in [0.2, 0.25) is 0 Å². The van der Waals surface area contributed by atoms with Crippen molar-refractivity contribution in [1.29, 1.82) is 0 Å². The number of aryl methyl sites for hydroxylation is 1. The first-order valence-corrected chi connectivity index (χ1v) is 4.88. The van der Waals surface area contributed by atoms with Gasteiger partial charge in [0, 0.05) is 11.8 Å². The summed E-state index contributed by atoms with van der Waals surface area (Å²) in [6, 6.07) is 0. The van der Waals surface area contributed by atoms with E-state index < -0.39 is 0 Å². The van der Waals surface area contributed by atoms with Crippen LogP contribution in [0.15, 0.2) is 24.1 Å². The van der Waals surface area contributed by atoms with Crippen molar-refractivity contribution in [1.82, 2.24) is 19.6 Å². The molecule has 2 N–H and O–H groups in total. The van der Waals surface area contributed by atoms with E-state index in [2.05, 4.69) is 26.6 Å². The fourth-order valence-electron chi connectivity index (χ4n) is 1.52. The zero-order valence-electron chi connectivity index (χ0n) is 9.58. The Kier molecular flexibility index (Phi) is 2.73. The number of anilines is 1. The molecule has 0 atom stereocenters. The molecule has 88 valence electrons. The van der Waals surface area contributed by atoms with Crippen molar-refractivity contribution in [3.8, 4) is 0 Å². The zero-order chi connectivity index (χ0) is 12.4. The van der Waals surface area contributed by atoms with Crippen molar-refractivity contribution in [2.24, 2.45) is 4.99 Å². The summed E-state index contributed by atoms with van der Waals surface area (Å²) in [5, 5.41) is 3.97. The Balaban J connectivity index is 2.73. The van der Waals surface area contributed by atoms with Crippen LogP contribution >= 0.6 is 0 Å². The van der Waals surface area contributed by atoms with Crippen molar-refractivity contribution >= 4 is 17.5 Å². The van der Waals surface area contributed by atoms with Crippen LogP contribution in [0.5, 0.6) is 0 Å². The molecule has 0 radical (unpaired) electrons. The summed E-state index contributed by atoms with van der Waals surface area (Å²) in [7, 11) is 1.51. The Morgan fingerprint density at radius 2 is 2.41 bits per heavy atom. The number of methoxy groups -OCH3 is 1. The molecule has 2 aromatic rings. The molecule has 0 saturated carbocycles. The van der Waals surface area contributed by atoms with Gasteiger partial charge in [0.1, 0.15) is 12.0 Å². The monoisotopic (exact) mass is 232 g/mol. The Morgan fingerprint density at radius 1 is 1.65 bits per heavy atom. The van der Waals surface area contributed by atoms with Gasteiger partial charge in [-0.05, 0) is 6.92 Å². The second-order valence-corrected chi connectivity index (χ2v) is 3.26. The van der Waals surface area contributed by atoms with Gasteiger partial charge in [-0.15, -0.1) is 0 Å². The molecule has 7 nitrogen and oxygen atoms in total. The van der Waals surface area contributed by atoms with Crippen LogP contribution in [0, 0.1) is 6.92 Å². The summed E-state index contributed by atoms with van der Waals surface area (Å²) in [6.45, 7) is 5.37. The molecule has 2 rings (SSSR count). The van der Waals surface area contributed by atoms with Gasteiger partial charge < -0.3 is 10.5 Å². The third-order valence-corrected chi connectivity index (χ3v) is 2.29. The van der Waals surface area contributed by atoms with Gasteiger partial charge in [0.05, 0.1) is 7.11 Å². The standard InChI is InChI=1S/C10H12N6O/c1-4-12-9(17-3)7-6(2)8-13-5-14-16(8)10(11)15-7/h4-5H,1H2,2-3H3,(H2,11,15). The highest BCUT2D eigenvalue weighted by atomic mass is 16.5. The molecule has 2 heterocycles. The molecule has 0 saturated heterocycles. The number of hydrogen-bond donors (Lipinski definition) is 1. The lowest BCUT2D eigenvalue weighted by Crippen LogP contribution is -2.14. The summed E-state index contributed by atoms with van der Waals surface area (Å²) in [6.07, 6.45) is 2.80. The maximum atomic E-state index is 5.77. The van der Waals surface area contributed by atoms with E-state index in [1.807, 2.05) is 6.92 Å². The molecule has 2 aromatic heterocycles. The molecule has 0 aliphatic rings. The number of aromatic nitrogens is 4. The van der Waals surface area contributed by atoms with Crippen LogP contribution in [0.3, 0.4) is 0 Å². The summed E-state index contributed by atoms with van der Waals surface area (Å²) >= 11 is 0. The minimum Gasteiger partial charge on any atom is -0.479 e. The van der Waals surface area contributed by atoms with Crippen LogP contribution in [0.25, 0.3) is 5.65 Å². The molecule has 0 aliphatic carbocycles. The van der Waals surface area contributed by atoms with Crippen molar-refractivity contribution in [2.75, 3.05) is 12.8 Å². The number of ether oxygens (including phenoxy) is 1. The Bertz CT molecular complexity index is 600. The smallest absolute Gasteiger partial charge is 0.240 e. The maximum absolute atomic E-state index is 5.77. The topological polar surface area (TPSA) is 90.7 Å². The van der Waals surface area contributed by atoms with Gasteiger partial charge >= 0.3 is 0 Å². The third kappa shape index (κ3) is 1.71. The van der Waals surface area contributed by atoms with Gasteiger partial charge in [0.15, 0.2) is 5.65 Å². The van der Waals surface area contributed by atoms with Gasteiger partial charge in [0.2, 0.25) is 11.8 Å². The largest absolute Gasteiger partial charge is 0.479 e. The van der Waals surface area contributed by atoms with Crippen molar-refractivity contribution in [3.63, 3.8) is 0 Å². The fourth-order valence-corrected chi connectivity index (χ4v) is 1.52. The maximum Gasteiger partial charge on any atom is 0.240 e. The predicted octanol–water partition coefficient (Wildman–Crippen LogP) is 0.551. The molecule has 0 amide bonds. The average Bonchev–Trinajstić information content (AvgIpc) is 2.81. The van der Waals surface area contributed by atoms with E-state index in [9.17, 15) is 0 Å². The number of nitrogen functional groups attached to an aromatic ring is 1. The zero-order valence-corrected chi connectivity index (χ0v) is 9.58. The third-order valence-electron chi connectivity index (χ3n) is 2.29. The average molecular weight is 232 g/mol. The van der Waals surface area contributed by atoms with Gasteiger partial charge in [0.25, 0.3) is 0 Å². The van der Waals surface area contributed by atoms with E-state index >= 15 is 0 Å². The SMILES string of the molecule is C=CN=C(OC)c1nc(N)n2ncnc2c1C. The second-order valence-electron chi connectivity index (χ2n) is 3.26. The quantitative estimate of drug-likeness (QED) is 0.603. The Morgan fingerprint density at radius 3 is 3.06 bits per heavy atom. The molecule has 7 heteroatoms. The number of nitrogens with zero attached hydrogens (tertiary/aromatic N) is 5. The first kappa shape index (κ1) is 11.1. The van der Waals surface area contributed by atoms with Gasteiger partial charge in [-0.2, -0.15) is 9.61 Å². The molecule has 0 aromatic carbocycles. The van der Waals surface area contributed by atoms with Gasteiger partial charge in [-0.1, -0.05) is 6.58 Å². The van der Waals surface area contributed by atoms with Gasteiger partial charge in [-0.3, -0.25) is 0 Å². The highest BCUT2D eigenvalue weighted by Crippen LogP contribution is 2.15. The molecule has 0 unspecified atom stereocenters. The molecule has 0 bridgehead atoms. The Hall–Kier alpha value is -2.44. The van der Waals surface area contributed by atoms with Crippen molar-refractivity contribution in [2.45, 2.75) is 6.92 Å². The van der Waals surface area contributed by atoms with Crippen LogP contribution < -0.4 is 5.73 Å². The lowest BCUT2D eigenvalue weighted by molar-refractivity contribution is 0.403. The van der Waals surface area contributed by atoms with Crippen LogP contribution in [-0.4, -0.2) is 32.6 Å². The minimum atomic E-state index is 0.229. The van der Waals surface area contributed by atoms with Gasteiger partial charge in [-0.25, -0.2) is 15.0 Å². The lowest BCUT2D eigenvalue weighted by Gasteiger charge is -2.08. The van der Waals surface area contributed by atoms with Crippen molar-refractivity contribution in [3.05, 3.63) is 30.4 Å². The fraction of sp³-hybridized carbons (Fsp3) is 0.200. The minimum absolute atomic E-state index is 0.229. The number of nitrogens with two attached hydrogens (primary N) is 1. The Labute approximate surface area is 97.7 Å². The molecule has 17 heavy (non-hydrogen) atoms. The highest BCUT2D eigenvalue weighted by Gasteiger charge is 2.15. The number of hydrogen-bond acceptors (Lipinski definition) is 6. The highest BCUT2D eigenvalue weighted by molar-refractivity contribution is 5.95. The van der Waals surface area contributed by atoms with E-state index in [-0.39, 0.29) is 5.95 Å². The van der Waals surface area contributed by atoms with E-state index in [1.165, 1.54) is 24.2 Å². The van der Waals surface area contributed by atoms with Crippen LogP contribution in [0.1, 0.15) is 11.3 Å². The van der Waals surface area contributed by atoms with Crippen LogP contribution in [0.4, 0.5) is 5.95 Å². The number of rotatable bonds is 2. The lowest BCUT2D eigenvalue weighted by atomic mass is 10.2. The van der Waals surface area contributed by atoms with E-state index in [0.717, 1.165) is 5.56 Å². The summed E-state index contributed by atoms with van der Waals surface area (Å²) in [4.78, 5) is 12.3. The van der Waals surface area contributed by atoms with E-state index in [1.54, 1.807) is 0 Å². The number of aliphatic imine (C=N–C) groups is 1. The van der Waals surface area contributed by atoms with E-state index in [4.69, 9.17) is 10.5 Å². The molecule has 0 spiro atoms. The summed E-state index contributed by atoms with van der Waals surface area (Å²) in [5.74, 6) is 0.571. The van der Waals surface area contributed by atoms with Crippen LogP contribution in [-0.2, 0) is 4.74 Å². The summed E-state index contributed by atoms with van der Waals surface area (Å²) < 4.78 is 6.60. The molecule has 0 fully saturated rings. The van der Waals surface area contributed by atoms with Crippen molar-refractivity contribution < 1.29 is 4.74 Å². The second kappa shape index (κ2) is 4.20. The predicted molar refractivity (Wildman–Crippen MR) is 63.7 cm³/mol. The molecule has 0 aliphatic heterocycles. The van der Waals surface area contributed by atoms with E-state index in [0.29, 0.717) is 17.2 Å². The molecular weight excluding hydrogens is 220 g/mol. The molecular formula is C10H12N6O.